The van der Waals surface area contributed by atoms with E-state index in [9.17, 15) is 4.79 Å². The Kier molecular flexibility index (Phi) is 6.90. The second-order valence-electron chi connectivity index (χ2n) is 9.35. The molecule has 2 aromatic carbocycles. The fourth-order valence-corrected chi connectivity index (χ4v) is 15.3. The van der Waals surface area contributed by atoms with Crippen molar-refractivity contribution in [3.8, 4) is 0 Å². The van der Waals surface area contributed by atoms with Crippen molar-refractivity contribution in [1.82, 2.24) is 4.34 Å². The smallest absolute Gasteiger partial charge is 0.162 e. The van der Waals surface area contributed by atoms with Crippen LogP contribution in [0.3, 0.4) is 0 Å². The molecular formula is C24H34N2OSi2. The topological polar surface area (TPSA) is 32.7 Å². The van der Waals surface area contributed by atoms with Crippen molar-refractivity contribution in [3.63, 3.8) is 0 Å². The van der Waals surface area contributed by atoms with E-state index >= 15 is 0 Å². The molecular weight excluding hydrogens is 388 g/mol. The third-order valence-electron chi connectivity index (χ3n) is 5.96. The molecule has 0 bridgehead atoms. The third kappa shape index (κ3) is 5.54. The van der Waals surface area contributed by atoms with Crippen LogP contribution in [0, 0.1) is 0 Å². The largest absolute Gasteiger partial charge is 0.349 e. The maximum atomic E-state index is 12.5. The summed E-state index contributed by atoms with van der Waals surface area (Å²) in [4.78, 5) is 12.5. The molecule has 0 amide bonds. The van der Waals surface area contributed by atoms with E-state index < -0.39 is 16.5 Å². The molecule has 2 aromatic rings. The van der Waals surface area contributed by atoms with Gasteiger partial charge in [0.25, 0.3) is 0 Å². The molecule has 1 fully saturated rings. The van der Waals surface area contributed by atoms with Gasteiger partial charge in [0.2, 0.25) is 0 Å². The molecule has 154 valence electrons. The molecule has 0 aromatic heterocycles. The highest BCUT2D eigenvalue weighted by Gasteiger charge is 2.44. The molecule has 1 saturated heterocycles. The van der Waals surface area contributed by atoms with Gasteiger partial charge in [0.05, 0.1) is 5.71 Å². The molecule has 3 nitrogen and oxygen atoms in total. The van der Waals surface area contributed by atoms with Gasteiger partial charge in [-0.05, 0) is 30.5 Å². The summed E-state index contributed by atoms with van der Waals surface area (Å²) in [5, 5.41) is 5.34. The minimum atomic E-state index is -1.52. The number of carbonyl (C=O) groups excluding carboxylic acids is 1. The van der Waals surface area contributed by atoms with Gasteiger partial charge in [0.1, 0.15) is 0 Å². The molecule has 0 saturated carbocycles. The molecule has 0 unspecified atom stereocenters. The summed E-state index contributed by atoms with van der Waals surface area (Å²) in [6.45, 7) is 9.86. The van der Waals surface area contributed by atoms with E-state index in [1.54, 1.807) is 0 Å². The van der Waals surface area contributed by atoms with Crippen LogP contribution in [0.2, 0.25) is 38.3 Å². The first-order valence-corrected chi connectivity index (χ1v) is 17.1. The maximum Gasteiger partial charge on any atom is 0.162 e. The lowest BCUT2D eigenvalue weighted by atomic mass is 10.0. The Labute approximate surface area is 178 Å². The van der Waals surface area contributed by atoms with E-state index in [1.807, 2.05) is 30.3 Å². The Hall–Kier alpha value is -1.99. The first-order valence-electron chi connectivity index (χ1n) is 10.8. The van der Waals surface area contributed by atoms with E-state index in [1.165, 1.54) is 24.1 Å². The maximum absolute atomic E-state index is 12.5. The summed E-state index contributed by atoms with van der Waals surface area (Å²) in [6.07, 6.45) is 3.60. The van der Waals surface area contributed by atoms with E-state index in [4.69, 9.17) is 5.10 Å². The summed E-state index contributed by atoms with van der Waals surface area (Å²) in [7, 11) is -3.05. The van der Waals surface area contributed by atoms with Crippen LogP contribution >= 0.6 is 0 Å². The number of carbonyl (C=O) groups is 1. The molecule has 0 aliphatic carbocycles. The van der Waals surface area contributed by atoms with Crippen molar-refractivity contribution >= 4 is 28.0 Å². The molecule has 1 aliphatic heterocycles. The van der Waals surface area contributed by atoms with Crippen molar-refractivity contribution < 1.29 is 4.79 Å². The zero-order valence-electron chi connectivity index (χ0n) is 18.3. The van der Waals surface area contributed by atoms with Crippen LogP contribution in [0.15, 0.2) is 65.8 Å². The second-order valence-corrected chi connectivity index (χ2v) is 18.9. The highest BCUT2D eigenvalue weighted by atomic mass is 28.4. The van der Waals surface area contributed by atoms with Gasteiger partial charge in [-0.1, -0.05) is 93.3 Å². The van der Waals surface area contributed by atoms with Crippen molar-refractivity contribution in [2.45, 2.75) is 64.0 Å². The van der Waals surface area contributed by atoms with Crippen molar-refractivity contribution in [2.75, 3.05) is 0 Å². The lowest BCUT2D eigenvalue weighted by Gasteiger charge is -2.49. The fraction of sp³-hybridized carbons (Fsp3) is 0.417. The van der Waals surface area contributed by atoms with Gasteiger partial charge in [0, 0.05) is 12.0 Å². The first kappa shape index (κ1) is 21.7. The molecule has 1 heterocycles. The van der Waals surface area contributed by atoms with E-state index in [0.29, 0.717) is 6.42 Å². The van der Waals surface area contributed by atoms with Gasteiger partial charge >= 0.3 is 0 Å². The third-order valence-corrected chi connectivity index (χ3v) is 15.2. The SMILES string of the molecule is C[Si]1(C)CCC[Si](C)(C)N1N=C(CCCC(=O)c1ccccc1)c1ccccc1. The second kappa shape index (κ2) is 9.22. The number of nitrogens with zero attached hydrogens (tertiary/aromatic N) is 2. The minimum Gasteiger partial charge on any atom is -0.349 e. The Morgan fingerprint density at radius 1 is 0.828 bits per heavy atom. The van der Waals surface area contributed by atoms with Crippen LogP contribution in [-0.2, 0) is 0 Å². The van der Waals surface area contributed by atoms with Crippen LogP contribution in [-0.4, -0.2) is 32.3 Å². The Morgan fingerprint density at radius 2 is 1.34 bits per heavy atom. The summed E-state index contributed by atoms with van der Waals surface area (Å²) >= 11 is 0. The van der Waals surface area contributed by atoms with Gasteiger partial charge < -0.3 is 4.34 Å². The molecule has 0 atom stereocenters. The van der Waals surface area contributed by atoms with Crippen LogP contribution < -0.4 is 0 Å². The highest BCUT2D eigenvalue weighted by molar-refractivity contribution is 6.91. The van der Waals surface area contributed by atoms with E-state index in [2.05, 4.69) is 60.9 Å². The van der Waals surface area contributed by atoms with Crippen molar-refractivity contribution in [2.24, 2.45) is 5.10 Å². The Bertz CT molecular complexity index is 832. The number of rotatable bonds is 7. The summed E-state index contributed by atoms with van der Waals surface area (Å²) in [6, 6.07) is 22.8. The standard InChI is InChI=1S/C24H34N2OSi2/c1-28(2)19-12-20-29(3,4)26(28)25-23(21-13-7-5-8-14-21)17-11-18-24(27)22-15-9-6-10-16-22/h5-10,13-16H,11-12,17-20H2,1-4H3. The van der Waals surface area contributed by atoms with Crippen molar-refractivity contribution in [1.29, 1.82) is 0 Å². The molecule has 0 radical (unpaired) electrons. The van der Waals surface area contributed by atoms with E-state index in [0.717, 1.165) is 24.1 Å². The summed E-state index contributed by atoms with van der Waals surface area (Å²) in [5.74, 6) is 0.223. The summed E-state index contributed by atoms with van der Waals surface area (Å²) < 4.78 is 2.60. The van der Waals surface area contributed by atoms with Gasteiger partial charge in [-0.25, -0.2) is 0 Å². The quantitative estimate of drug-likeness (QED) is 0.287. The number of hydrazone groups is 1. The average Bonchev–Trinajstić information content (AvgIpc) is 2.70. The minimum absolute atomic E-state index is 0.223. The van der Waals surface area contributed by atoms with Crippen LogP contribution in [0.4, 0.5) is 0 Å². The molecule has 29 heavy (non-hydrogen) atoms. The van der Waals surface area contributed by atoms with Crippen LogP contribution in [0.25, 0.3) is 0 Å². The van der Waals surface area contributed by atoms with Crippen LogP contribution in [0.5, 0.6) is 0 Å². The molecule has 0 spiro atoms. The predicted molar refractivity (Wildman–Crippen MR) is 129 cm³/mol. The number of ketones is 1. The lowest BCUT2D eigenvalue weighted by molar-refractivity contribution is 0.0981. The molecule has 1 aliphatic rings. The number of benzene rings is 2. The predicted octanol–water partition coefficient (Wildman–Crippen LogP) is 6.56. The zero-order chi connectivity index (χ0) is 20.9. The highest BCUT2D eigenvalue weighted by Crippen LogP contribution is 2.35. The van der Waals surface area contributed by atoms with Gasteiger partial charge in [-0.2, -0.15) is 5.10 Å². The van der Waals surface area contributed by atoms with Gasteiger partial charge in [-0.15, -0.1) is 0 Å². The van der Waals surface area contributed by atoms with Crippen LogP contribution in [0.1, 0.15) is 41.6 Å². The van der Waals surface area contributed by atoms with Crippen molar-refractivity contribution in [3.05, 3.63) is 71.8 Å². The zero-order valence-corrected chi connectivity index (χ0v) is 20.3. The molecule has 3 rings (SSSR count). The number of hydrogen-bond acceptors (Lipinski definition) is 3. The lowest BCUT2D eigenvalue weighted by Crippen LogP contribution is -2.62. The Morgan fingerprint density at radius 3 is 1.90 bits per heavy atom. The summed E-state index contributed by atoms with van der Waals surface area (Å²) in [5.41, 5.74) is 3.15. The molecule has 0 N–H and O–H groups in total. The van der Waals surface area contributed by atoms with E-state index in [-0.39, 0.29) is 5.78 Å². The average molecular weight is 423 g/mol. The normalized spacial score (nSPS) is 18.5. The fourth-order valence-electron chi connectivity index (χ4n) is 4.44. The van der Waals surface area contributed by atoms with Gasteiger partial charge in [0.15, 0.2) is 22.3 Å². The number of hydrogen-bond donors (Lipinski definition) is 0. The molecule has 5 heteroatoms. The number of Topliss-reactive ketones (excluding diaryl/α,β-unsaturated/α-hetero) is 1. The monoisotopic (exact) mass is 422 g/mol. The Balaban J connectivity index is 1.80. The first-order chi connectivity index (χ1) is 13.8. The van der Waals surface area contributed by atoms with Gasteiger partial charge in [-0.3, -0.25) is 4.79 Å².